The fraction of sp³-hybridized carbons (Fsp3) is 0.0714. The van der Waals surface area contributed by atoms with Crippen molar-refractivity contribution in [3.8, 4) is 11.3 Å². The number of nitrogens with zero attached hydrogens (tertiary/aromatic N) is 3. The van der Waals surface area contributed by atoms with Crippen LogP contribution in [-0.4, -0.2) is 25.7 Å². The second kappa shape index (κ2) is 4.20. The number of rotatable bonds is 2. The van der Waals surface area contributed by atoms with Gasteiger partial charge in [0.25, 0.3) is 0 Å². The van der Waals surface area contributed by atoms with Gasteiger partial charge in [0.1, 0.15) is 0 Å². The van der Waals surface area contributed by atoms with Gasteiger partial charge in [-0.15, -0.1) is 0 Å². The quantitative estimate of drug-likeness (QED) is 0.761. The van der Waals surface area contributed by atoms with E-state index in [1.54, 1.807) is 6.07 Å². The Morgan fingerprint density at radius 1 is 1.21 bits per heavy atom. The lowest BCUT2D eigenvalue weighted by molar-refractivity contribution is 0.0688. The molecule has 0 saturated heterocycles. The largest absolute Gasteiger partial charge is 0.476 e. The summed E-state index contributed by atoms with van der Waals surface area (Å²) in [6.45, 7) is 1.99. The number of aryl methyl sites for hydroxylation is 1. The number of hydrogen-bond donors (Lipinski definition) is 1. The Balaban J connectivity index is 2.24. The highest BCUT2D eigenvalue weighted by Gasteiger charge is 2.12. The molecule has 2 heterocycles. The number of fused-ring (bicyclic) bond motifs is 1. The van der Waals surface area contributed by atoms with Gasteiger partial charge < -0.3 is 5.11 Å². The lowest BCUT2D eigenvalue weighted by Gasteiger charge is -2.05. The highest BCUT2D eigenvalue weighted by Crippen LogP contribution is 2.21. The summed E-state index contributed by atoms with van der Waals surface area (Å²) in [5.41, 5.74) is 3.38. The maximum absolute atomic E-state index is 11.1. The molecule has 0 bridgehead atoms. The first-order chi connectivity index (χ1) is 9.16. The van der Waals surface area contributed by atoms with Gasteiger partial charge in [-0.2, -0.15) is 5.10 Å². The zero-order valence-corrected chi connectivity index (χ0v) is 10.2. The monoisotopic (exact) mass is 253 g/mol. The fourth-order valence-corrected chi connectivity index (χ4v) is 2.02. The zero-order chi connectivity index (χ0) is 13.4. The molecule has 3 rings (SSSR count). The zero-order valence-electron chi connectivity index (χ0n) is 10.2. The van der Waals surface area contributed by atoms with Crippen LogP contribution < -0.4 is 0 Å². The normalized spacial score (nSPS) is 10.8. The Kier molecular flexibility index (Phi) is 2.52. The molecule has 1 N–H and O–H groups in total. The molecule has 3 aromatic rings. The average molecular weight is 253 g/mol. The molecule has 0 aliphatic heterocycles. The summed E-state index contributed by atoms with van der Waals surface area (Å²) < 4.78 is 1.35. The summed E-state index contributed by atoms with van der Waals surface area (Å²) in [7, 11) is 0. The first-order valence-electron chi connectivity index (χ1n) is 5.81. The predicted octanol–water partition coefficient (Wildman–Crippen LogP) is 2.40. The third-order valence-corrected chi connectivity index (χ3v) is 3.00. The number of carboxylic acids is 1. The molecule has 5 nitrogen and oxygen atoms in total. The summed E-state index contributed by atoms with van der Waals surface area (Å²) in [6, 6.07) is 11.4. The second-order valence-corrected chi connectivity index (χ2v) is 4.25. The minimum absolute atomic E-state index is 0.0606. The minimum atomic E-state index is -1.04. The van der Waals surface area contributed by atoms with Gasteiger partial charge >= 0.3 is 5.97 Å². The van der Waals surface area contributed by atoms with Crippen LogP contribution in [0.15, 0.2) is 42.6 Å². The van der Waals surface area contributed by atoms with Crippen LogP contribution in [0.4, 0.5) is 0 Å². The van der Waals surface area contributed by atoms with Crippen LogP contribution in [0, 0.1) is 6.92 Å². The molecular formula is C14H11N3O2. The lowest BCUT2D eigenvalue weighted by atomic mass is 10.1. The minimum Gasteiger partial charge on any atom is -0.476 e. The Bertz CT molecular complexity index is 777. The lowest BCUT2D eigenvalue weighted by Crippen LogP contribution is -2.05. The van der Waals surface area contributed by atoms with Crippen LogP contribution in [0.2, 0.25) is 0 Å². The SMILES string of the molecule is Cc1ccccc1-c1ccc2ncc(C(=O)O)n2n1. The standard InChI is InChI=1S/C14H11N3O2/c1-9-4-2-3-5-10(9)11-6-7-13-15-8-12(14(18)19)17(13)16-11/h2-8H,1H3,(H,18,19). The molecule has 0 spiro atoms. The number of carbonyl (C=O) groups is 1. The van der Waals surface area contributed by atoms with Gasteiger partial charge in [0, 0.05) is 5.56 Å². The van der Waals surface area contributed by atoms with Crippen LogP contribution in [0.5, 0.6) is 0 Å². The molecule has 0 amide bonds. The van der Waals surface area contributed by atoms with Gasteiger partial charge in [0.2, 0.25) is 0 Å². The Labute approximate surface area is 109 Å². The van der Waals surface area contributed by atoms with Crippen molar-refractivity contribution in [2.45, 2.75) is 6.92 Å². The summed E-state index contributed by atoms with van der Waals surface area (Å²) in [5, 5.41) is 13.4. The van der Waals surface area contributed by atoms with Crippen molar-refractivity contribution in [3.05, 3.63) is 53.9 Å². The molecule has 0 radical (unpaired) electrons. The molecule has 2 aromatic heterocycles. The topological polar surface area (TPSA) is 67.5 Å². The molecule has 0 aliphatic rings. The first-order valence-corrected chi connectivity index (χ1v) is 5.81. The molecule has 0 fully saturated rings. The van der Waals surface area contributed by atoms with E-state index in [2.05, 4.69) is 10.1 Å². The highest BCUT2D eigenvalue weighted by molar-refractivity contribution is 5.86. The number of aromatic carboxylic acids is 1. The summed E-state index contributed by atoms with van der Waals surface area (Å²) in [4.78, 5) is 15.1. The van der Waals surface area contributed by atoms with Crippen molar-refractivity contribution in [2.75, 3.05) is 0 Å². The van der Waals surface area contributed by atoms with E-state index in [0.29, 0.717) is 5.65 Å². The Morgan fingerprint density at radius 2 is 2.00 bits per heavy atom. The number of imidazole rings is 1. The van der Waals surface area contributed by atoms with Crippen molar-refractivity contribution in [1.29, 1.82) is 0 Å². The fourth-order valence-electron chi connectivity index (χ4n) is 2.02. The Hall–Kier alpha value is -2.69. The first kappa shape index (κ1) is 11.4. The third-order valence-electron chi connectivity index (χ3n) is 3.00. The highest BCUT2D eigenvalue weighted by atomic mass is 16.4. The van der Waals surface area contributed by atoms with E-state index in [9.17, 15) is 4.79 Å². The van der Waals surface area contributed by atoms with Crippen molar-refractivity contribution < 1.29 is 9.90 Å². The van der Waals surface area contributed by atoms with Crippen molar-refractivity contribution in [1.82, 2.24) is 14.6 Å². The van der Waals surface area contributed by atoms with Crippen molar-refractivity contribution >= 4 is 11.6 Å². The van der Waals surface area contributed by atoms with E-state index in [-0.39, 0.29) is 5.69 Å². The maximum Gasteiger partial charge on any atom is 0.356 e. The molecule has 0 saturated carbocycles. The molecule has 19 heavy (non-hydrogen) atoms. The molecule has 0 atom stereocenters. The summed E-state index contributed by atoms with van der Waals surface area (Å²) in [5.74, 6) is -1.04. The van der Waals surface area contributed by atoms with Gasteiger partial charge in [-0.25, -0.2) is 14.3 Å². The predicted molar refractivity (Wildman–Crippen MR) is 70.1 cm³/mol. The summed E-state index contributed by atoms with van der Waals surface area (Å²) >= 11 is 0. The summed E-state index contributed by atoms with van der Waals surface area (Å²) in [6.07, 6.45) is 1.31. The van der Waals surface area contributed by atoms with Gasteiger partial charge in [0.05, 0.1) is 11.9 Å². The third kappa shape index (κ3) is 1.85. The molecule has 0 aliphatic carbocycles. The van der Waals surface area contributed by atoms with E-state index < -0.39 is 5.97 Å². The maximum atomic E-state index is 11.1. The number of hydrogen-bond acceptors (Lipinski definition) is 3. The molecule has 94 valence electrons. The molecule has 1 aromatic carbocycles. The van der Waals surface area contributed by atoms with Crippen molar-refractivity contribution in [3.63, 3.8) is 0 Å². The molecule has 5 heteroatoms. The number of aromatic nitrogens is 3. The van der Waals surface area contributed by atoms with E-state index in [1.807, 2.05) is 37.3 Å². The van der Waals surface area contributed by atoms with Gasteiger partial charge in [-0.3, -0.25) is 0 Å². The van der Waals surface area contributed by atoms with Crippen LogP contribution >= 0.6 is 0 Å². The number of benzene rings is 1. The number of carboxylic acid groups (broad SMARTS) is 1. The second-order valence-electron chi connectivity index (χ2n) is 4.25. The average Bonchev–Trinajstić information content (AvgIpc) is 2.82. The van der Waals surface area contributed by atoms with Crippen LogP contribution in [-0.2, 0) is 0 Å². The Morgan fingerprint density at radius 3 is 2.74 bits per heavy atom. The molecule has 0 unspecified atom stereocenters. The van der Waals surface area contributed by atoms with Crippen LogP contribution in [0.25, 0.3) is 16.9 Å². The van der Waals surface area contributed by atoms with Gasteiger partial charge in [-0.1, -0.05) is 24.3 Å². The van der Waals surface area contributed by atoms with Gasteiger partial charge in [0.15, 0.2) is 11.3 Å². The van der Waals surface area contributed by atoms with E-state index in [0.717, 1.165) is 16.8 Å². The van der Waals surface area contributed by atoms with Crippen molar-refractivity contribution in [2.24, 2.45) is 0 Å². The van der Waals surface area contributed by atoms with E-state index >= 15 is 0 Å². The smallest absolute Gasteiger partial charge is 0.356 e. The van der Waals surface area contributed by atoms with Crippen LogP contribution in [0.3, 0.4) is 0 Å². The van der Waals surface area contributed by atoms with E-state index in [1.165, 1.54) is 10.7 Å². The molecular weight excluding hydrogens is 242 g/mol. The van der Waals surface area contributed by atoms with E-state index in [4.69, 9.17) is 5.11 Å². The van der Waals surface area contributed by atoms with Crippen LogP contribution in [0.1, 0.15) is 16.1 Å². The van der Waals surface area contributed by atoms with Gasteiger partial charge in [-0.05, 0) is 24.6 Å².